The summed E-state index contributed by atoms with van der Waals surface area (Å²) in [6.45, 7) is 0.550. The number of rotatable bonds is 3. The number of carboxylic acids is 1. The molecule has 0 aliphatic carbocycles. The molecule has 1 N–H and O–H groups in total. The lowest BCUT2D eigenvalue weighted by molar-refractivity contribution is -0.152. The number of hydrogen-bond donors (Lipinski definition) is 1. The van der Waals surface area contributed by atoms with Gasteiger partial charge in [0.2, 0.25) is 5.91 Å². The van der Waals surface area contributed by atoms with Crippen LogP contribution in [0.2, 0.25) is 0 Å². The summed E-state index contributed by atoms with van der Waals surface area (Å²) in [5, 5.41) is 12.9. The van der Waals surface area contributed by atoms with Gasteiger partial charge in [0.15, 0.2) is 0 Å². The molecule has 7 heteroatoms. The first-order valence-electron chi connectivity index (χ1n) is 5.53. The van der Waals surface area contributed by atoms with E-state index in [0.29, 0.717) is 13.0 Å². The zero-order valence-electron chi connectivity index (χ0n) is 9.32. The molecular formula is C10H14N4O3. The lowest BCUT2D eigenvalue weighted by Crippen LogP contribution is -2.49. The maximum Gasteiger partial charge on any atom is 0.326 e. The van der Waals surface area contributed by atoms with E-state index in [1.807, 2.05) is 0 Å². The Hall–Kier alpha value is -1.92. The van der Waals surface area contributed by atoms with Crippen molar-refractivity contribution < 1.29 is 14.7 Å². The number of carbonyl (C=O) groups is 2. The van der Waals surface area contributed by atoms with Crippen LogP contribution in [0.4, 0.5) is 0 Å². The van der Waals surface area contributed by atoms with Crippen LogP contribution in [0.1, 0.15) is 19.3 Å². The van der Waals surface area contributed by atoms with Crippen LogP contribution in [0, 0.1) is 0 Å². The fraction of sp³-hybridized carbons (Fsp3) is 0.600. The molecule has 1 atom stereocenters. The predicted molar refractivity (Wildman–Crippen MR) is 57.0 cm³/mol. The van der Waals surface area contributed by atoms with E-state index in [1.165, 1.54) is 22.2 Å². The highest BCUT2D eigenvalue weighted by Gasteiger charge is 2.31. The van der Waals surface area contributed by atoms with Crippen LogP contribution in [0.15, 0.2) is 12.7 Å². The zero-order valence-corrected chi connectivity index (χ0v) is 9.32. The maximum atomic E-state index is 12.0. The molecule has 0 spiro atoms. The van der Waals surface area contributed by atoms with Crippen molar-refractivity contribution in [3.63, 3.8) is 0 Å². The van der Waals surface area contributed by atoms with Crippen molar-refractivity contribution in [3.05, 3.63) is 12.7 Å². The molecule has 0 radical (unpaired) electrons. The lowest BCUT2D eigenvalue weighted by atomic mass is 10.0. The first-order valence-corrected chi connectivity index (χ1v) is 5.53. The predicted octanol–water partition coefficient (Wildman–Crippen LogP) is -0.256. The van der Waals surface area contributed by atoms with Gasteiger partial charge < -0.3 is 10.0 Å². The average Bonchev–Trinajstić information content (AvgIpc) is 2.81. The van der Waals surface area contributed by atoms with E-state index in [2.05, 4.69) is 10.1 Å². The second-order valence-electron chi connectivity index (χ2n) is 4.03. The number of amides is 1. The number of aliphatic carboxylic acids is 1. The number of piperidine rings is 1. The summed E-state index contributed by atoms with van der Waals surface area (Å²) < 4.78 is 1.40. The summed E-state index contributed by atoms with van der Waals surface area (Å²) in [5.74, 6) is -1.15. The van der Waals surface area contributed by atoms with Crippen LogP contribution in [0.5, 0.6) is 0 Å². The van der Waals surface area contributed by atoms with E-state index in [1.54, 1.807) is 0 Å². The van der Waals surface area contributed by atoms with E-state index in [-0.39, 0.29) is 12.5 Å². The summed E-state index contributed by atoms with van der Waals surface area (Å²) in [7, 11) is 0. The van der Waals surface area contributed by atoms with E-state index < -0.39 is 12.0 Å². The van der Waals surface area contributed by atoms with Crippen molar-refractivity contribution >= 4 is 11.9 Å². The standard InChI is InChI=1S/C10H14N4O3/c15-9(5-13-7-11-6-12-13)14-4-2-1-3-8(14)10(16)17/h6-8H,1-5H2,(H,16,17)/t8-/m0/s1. The smallest absolute Gasteiger partial charge is 0.326 e. The third-order valence-corrected chi connectivity index (χ3v) is 2.87. The Morgan fingerprint density at radius 3 is 2.88 bits per heavy atom. The molecule has 1 fully saturated rings. The SMILES string of the molecule is O=C(O)[C@@H]1CCCCN1C(=O)Cn1cncn1. The van der Waals surface area contributed by atoms with Crippen LogP contribution in [-0.2, 0) is 16.1 Å². The van der Waals surface area contributed by atoms with Gasteiger partial charge in [0.05, 0.1) is 0 Å². The summed E-state index contributed by atoms with van der Waals surface area (Å²) in [6, 6.07) is -0.695. The number of nitrogens with zero attached hydrogens (tertiary/aromatic N) is 4. The molecule has 1 aromatic heterocycles. The Labute approximate surface area is 98.0 Å². The number of likely N-dealkylation sites (tertiary alicyclic amines) is 1. The van der Waals surface area contributed by atoms with E-state index in [9.17, 15) is 9.59 Å². The van der Waals surface area contributed by atoms with Crippen molar-refractivity contribution in [2.75, 3.05) is 6.54 Å². The van der Waals surface area contributed by atoms with Gasteiger partial charge in [-0.1, -0.05) is 0 Å². The largest absolute Gasteiger partial charge is 0.480 e. The normalized spacial score (nSPS) is 20.2. The summed E-state index contributed by atoms with van der Waals surface area (Å²) in [5.41, 5.74) is 0. The monoisotopic (exact) mass is 238 g/mol. The van der Waals surface area contributed by atoms with Gasteiger partial charge in [0, 0.05) is 6.54 Å². The molecule has 17 heavy (non-hydrogen) atoms. The molecule has 0 saturated carbocycles. The molecule has 1 aliphatic heterocycles. The van der Waals surface area contributed by atoms with Gasteiger partial charge >= 0.3 is 5.97 Å². The molecule has 0 bridgehead atoms. The maximum absolute atomic E-state index is 12.0. The highest BCUT2D eigenvalue weighted by molar-refractivity contribution is 5.83. The molecule has 2 heterocycles. The molecular weight excluding hydrogens is 224 g/mol. The lowest BCUT2D eigenvalue weighted by Gasteiger charge is -2.32. The quantitative estimate of drug-likeness (QED) is 0.784. The molecule has 0 aromatic carbocycles. The third kappa shape index (κ3) is 2.61. The molecule has 92 valence electrons. The fourth-order valence-electron chi connectivity index (χ4n) is 2.03. The Balaban J connectivity index is 2.03. The van der Waals surface area contributed by atoms with Gasteiger partial charge in [-0.25, -0.2) is 14.5 Å². The van der Waals surface area contributed by atoms with E-state index in [0.717, 1.165) is 12.8 Å². The molecule has 2 rings (SSSR count). The highest BCUT2D eigenvalue weighted by atomic mass is 16.4. The Kier molecular flexibility index (Phi) is 3.36. The minimum atomic E-state index is -0.934. The van der Waals surface area contributed by atoms with Crippen molar-refractivity contribution in [2.45, 2.75) is 31.8 Å². The summed E-state index contributed by atoms with van der Waals surface area (Å²) in [6.07, 6.45) is 5.02. The van der Waals surface area contributed by atoms with Crippen LogP contribution in [0.3, 0.4) is 0 Å². The minimum Gasteiger partial charge on any atom is -0.480 e. The van der Waals surface area contributed by atoms with Crippen molar-refractivity contribution in [1.82, 2.24) is 19.7 Å². The Morgan fingerprint density at radius 1 is 1.41 bits per heavy atom. The second-order valence-corrected chi connectivity index (χ2v) is 4.03. The summed E-state index contributed by atoms with van der Waals surface area (Å²) in [4.78, 5) is 28.2. The van der Waals surface area contributed by atoms with E-state index in [4.69, 9.17) is 5.11 Å². The zero-order chi connectivity index (χ0) is 12.3. The molecule has 1 aromatic rings. The second kappa shape index (κ2) is 4.94. The highest BCUT2D eigenvalue weighted by Crippen LogP contribution is 2.17. The van der Waals surface area contributed by atoms with Gasteiger partial charge in [-0.05, 0) is 19.3 Å². The minimum absolute atomic E-state index is 0.0454. The van der Waals surface area contributed by atoms with Gasteiger partial charge in [0.1, 0.15) is 25.2 Å². The van der Waals surface area contributed by atoms with Gasteiger partial charge in [-0.3, -0.25) is 4.79 Å². The first kappa shape index (κ1) is 11.6. The van der Waals surface area contributed by atoms with Crippen LogP contribution >= 0.6 is 0 Å². The van der Waals surface area contributed by atoms with Crippen LogP contribution in [-0.4, -0.2) is 49.2 Å². The first-order chi connectivity index (χ1) is 8.18. The average molecular weight is 238 g/mol. The molecule has 1 saturated heterocycles. The number of aromatic nitrogens is 3. The number of carboxylic acid groups (broad SMARTS) is 1. The molecule has 1 amide bonds. The third-order valence-electron chi connectivity index (χ3n) is 2.87. The van der Waals surface area contributed by atoms with Crippen molar-refractivity contribution in [3.8, 4) is 0 Å². The van der Waals surface area contributed by atoms with Crippen LogP contribution in [0.25, 0.3) is 0 Å². The van der Waals surface area contributed by atoms with Gasteiger partial charge in [-0.2, -0.15) is 5.10 Å². The molecule has 0 unspecified atom stereocenters. The number of carbonyl (C=O) groups excluding carboxylic acids is 1. The molecule has 1 aliphatic rings. The summed E-state index contributed by atoms with van der Waals surface area (Å²) >= 11 is 0. The Bertz CT molecular complexity index is 404. The van der Waals surface area contributed by atoms with E-state index >= 15 is 0 Å². The van der Waals surface area contributed by atoms with Crippen molar-refractivity contribution in [1.29, 1.82) is 0 Å². The number of hydrogen-bond acceptors (Lipinski definition) is 4. The van der Waals surface area contributed by atoms with Gasteiger partial charge in [-0.15, -0.1) is 0 Å². The topological polar surface area (TPSA) is 88.3 Å². The molecule has 7 nitrogen and oxygen atoms in total. The Morgan fingerprint density at radius 2 is 2.24 bits per heavy atom. The fourth-order valence-corrected chi connectivity index (χ4v) is 2.03. The van der Waals surface area contributed by atoms with Crippen LogP contribution < -0.4 is 0 Å². The van der Waals surface area contributed by atoms with Crippen molar-refractivity contribution in [2.24, 2.45) is 0 Å². The van der Waals surface area contributed by atoms with Gasteiger partial charge in [0.25, 0.3) is 0 Å².